The quantitative estimate of drug-likeness (QED) is 0.886. The van der Waals surface area contributed by atoms with Crippen LogP contribution in [0.25, 0.3) is 0 Å². The van der Waals surface area contributed by atoms with Gasteiger partial charge in [-0.15, -0.1) is 11.3 Å². The molecule has 0 fully saturated rings. The fourth-order valence-electron chi connectivity index (χ4n) is 2.11. The van der Waals surface area contributed by atoms with Gasteiger partial charge in [-0.1, -0.05) is 18.2 Å². The second-order valence-electron chi connectivity index (χ2n) is 5.18. The molecular weight excluding hydrogens is 252 g/mol. The second kappa shape index (κ2) is 6.22. The lowest BCUT2D eigenvalue weighted by Gasteiger charge is -2.29. The molecule has 0 spiro atoms. The minimum Gasteiger partial charge on any atom is -0.364 e. The molecule has 2 N–H and O–H groups in total. The topological polar surface area (TPSA) is 29.3 Å². The number of hydrogen-bond acceptors (Lipinski definition) is 3. The Labute approximate surface area is 119 Å². The molecule has 0 aliphatic heterocycles. The first kappa shape index (κ1) is 14.1. The molecule has 1 atom stereocenters. The minimum absolute atomic E-state index is 0.0962. The number of nitrogens with zero attached hydrogens (tertiary/aromatic N) is 1. The Kier molecular flexibility index (Phi) is 4.61. The molecule has 0 saturated carbocycles. The first-order chi connectivity index (χ1) is 9.08. The monoisotopic (exact) mass is 274 g/mol. The smallest absolute Gasteiger partial charge is 0.0525 e. The van der Waals surface area contributed by atoms with Crippen molar-refractivity contribution in [1.29, 1.82) is 0 Å². The summed E-state index contributed by atoms with van der Waals surface area (Å²) in [7, 11) is 0. The van der Waals surface area contributed by atoms with Crippen LogP contribution in [0, 0.1) is 0 Å². The van der Waals surface area contributed by atoms with Gasteiger partial charge in [0.25, 0.3) is 0 Å². The van der Waals surface area contributed by atoms with E-state index in [4.69, 9.17) is 5.73 Å². The summed E-state index contributed by atoms with van der Waals surface area (Å²) in [6.45, 7) is 7.44. The molecule has 19 heavy (non-hydrogen) atoms. The normalized spacial score (nSPS) is 12.7. The largest absolute Gasteiger partial charge is 0.364 e. The van der Waals surface area contributed by atoms with Crippen molar-refractivity contribution in [3.05, 3.63) is 52.2 Å². The molecule has 1 heterocycles. The van der Waals surface area contributed by atoms with Gasteiger partial charge in [-0.2, -0.15) is 0 Å². The average Bonchev–Trinajstić information content (AvgIpc) is 2.88. The molecule has 0 saturated heterocycles. The molecule has 0 radical (unpaired) electrons. The fraction of sp³-hybridized carbons (Fsp3) is 0.375. The highest BCUT2D eigenvalue weighted by Crippen LogP contribution is 2.23. The van der Waals surface area contributed by atoms with Crippen LogP contribution in [0.15, 0.2) is 41.8 Å². The predicted molar refractivity (Wildman–Crippen MR) is 84.7 cm³/mol. The lowest BCUT2D eigenvalue weighted by molar-refractivity contribution is 0.686. The van der Waals surface area contributed by atoms with Crippen molar-refractivity contribution in [2.45, 2.75) is 39.4 Å². The number of nitrogens with two attached hydrogens (primary N) is 1. The van der Waals surface area contributed by atoms with Gasteiger partial charge in [-0.3, -0.25) is 0 Å². The van der Waals surface area contributed by atoms with Crippen LogP contribution in [0.3, 0.4) is 0 Å². The van der Waals surface area contributed by atoms with Crippen molar-refractivity contribution in [2.24, 2.45) is 5.73 Å². The maximum absolute atomic E-state index is 5.90. The molecule has 0 aliphatic carbocycles. The maximum atomic E-state index is 5.90. The van der Waals surface area contributed by atoms with E-state index in [1.165, 1.54) is 16.1 Å². The van der Waals surface area contributed by atoms with Gasteiger partial charge in [-0.25, -0.2) is 0 Å². The van der Waals surface area contributed by atoms with Crippen molar-refractivity contribution < 1.29 is 0 Å². The Morgan fingerprint density at radius 2 is 1.79 bits per heavy atom. The van der Waals surface area contributed by atoms with E-state index in [1.54, 1.807) is 0 Å². The third-order valence-electron chi connectivity index (χ3n) is 3.28. The minimum atomic E-state index is 0.0962. The molecule has 2 nitrogen and oxygen atoms in total. The van der Waals surface area contributed by atoms with Crippen LogP contribution in [-0.4, -0.2) is 6.04 Å². The molecule has 1 aromatic carbocycles. The Morgan fingerprint density at radius 1 is 1.11 bits per heavy atom. The van der Waals surface area contributed by atoms with Crippen molar-refractivity contribution in [3.8, 4) is 0 Å². The van der Waals surface area contributed by atoms with E-state index >= 15 is 0 Å². The van der Waals surface area contributed by atoms with Crippen LogP contribution >= 0.6 is 11.3 Å². The van der Waals surface area contributed by atoms with Crippen LogP contribution in [-0.2, 0) is 6.54 Å². The van der Waals surface area contributed by atoms with Gasteiger partial charge in [-0.05, 0) is 49.9 Å². The van der Waals surface area contributed by atoms with E-state index < -0.39 is 0 Å². The first-order valence-electron chi connectivity index (χ1n) is 6.72. The molecule has 2 aromatic rings. The van der Waals surface area contributed by atoms with Crippen LogP contribution in [0.2, 0.25) is 0 Å². The molecule has 2 rings (SSSR count). The molecule has 0 amide bonds. The molecule has 3 heteroatoms. The van der Waals surface area contributed by atoms with Crippen LogP contribution in [0.1, 0.15) is 37.3 Å². The summed E-state index contributed by atoms with van der Waals surface area (Å²) in [5.74, 6) is 0. The number of thiophene rings is 1. The SMILES string of the molecule is CC(C)N(Cc1cccs1)c1ccc([C@@H](C)N)cc1. The molecule has 0 unspecified atom stereocenters. The van der Waals surface area contributed by atoms with Crippen molar-refractivity contribution in [1.82, 2.24) is 0 Å². The summed E-state index contributed by atoms with van der Waals surface area (Å²) in [5, 5.41) is 2.13. The van der Waals surface area contributed by atoms with Gasteiger partial charge in [0.05, 0.1) is 6.54 Å². The van der Waals surface area contributed by atoms with E-state index in [0.717, 1.165) is 6.54 Å². The summed E-state index contributed by atoms with van der Waals surface area (Å²) in [6, 6.07) is 13.5. The van der Waals surface area contributed by atoms with E-state index in [9.17, 15) is 0 Å². The third-order valence-corrected chi connectivity index (χ3v) is 4.14. The summed E-state index contributed by atoms with van der Waals surface area (Å²) in [5.41, 5.74) is 8.34. The van der Waals surface area contributed by atoms with Gasteiger partial charge in [0.15, 0.2) is 0 Å². The summed E-state index contributed by atoms with van der Waals surface area (Å²) >= 11 is 1.81. The lowest BCUT2D eigenvalue weighted by Crippen LogP contribution is -2.29. The Morgan fingerprint density at radius 3 is 2.26 bits per heavy atom. The highest BCUT2D eigenvalue weighted by molar-refractivity contribution is 7.09. The molecular formula is C16H22N2S. The summed E-state index contributed by atoms with van der Waals surface area (Å²) in [4.78, 5) is 3.81. The van der Waals surface area contributed by atoms with E-state index in [-0.39, 0.29) is 6.04 Å². The number of rotatable bonds is 5. The van der Waals surface area contributed by atoms with Crippen molar-refractivity contribution in [3.63, 3.8) is 0 Å². The van der Waals surface area contributed by atoms with Crippen LogP contribution in [0.5, 0.6) is 0 Å². The van der Waals surface area contributed by atoms with E-state index in [0.29, 0.717) is 6.04 Å². The zero-order valence-electron chi connectivity index (χ0n) is 11.8. The number of anilines is 1. The van der Waals surface area contributed by atoms with Gasteiger partial charge in [0.1, 0.15) is 0 Å². The highest BCUT2D eigenvalue weighted by atomic mass is 32.1. The molecule has 1 aromatic heterocycles. The Bertz CT molecular complexity index is 486. The second-order valence-corrected chi connectivity index (χ2v) is 6.21. The number of hydrogen-bond donors (Lipinski definition) is 1. The van der Waals surface area contributed by atoms with Gasteiger partial charge in [0.2, 0.25) is 0 Å². The van der Waals surface area contributed by atoms with Crippen LogP contribution < -0.4 is 10.6 Å². The van der Waals surface area contributed by atoms with Crippen molar-refractivity contribution in [2.75, 3.05) is 4.90 Å². The van der Waals surface area contributed by atoms with Gasteiger partial charge < -0.3 is 10.6 Å². The molecule has 0 aliphatic rings. The Balaban J connectivity index is 2.19. The fourth-order valence-corrected chi connectivity index (χ4v) is 2.81. The molecule has 102 valence electrons. The number of benzene rings is 1. The maximum Gasteiger partial charge on any atom is 0.0525 e. The average molecular weight is 274 g/mol. The van der Waals surface area contributed by atoms with Crippen molar-refractivity contribution >= 4 is 17.0 Å². The highest BCUT2D eigenvalue weighted by Gasteiger charge is 2.12. The predicted octanol–water partition coefficient (Wildman–Crippen LogP) is 4.18. The van der Waals surface area contributed by atoms with E-state index in [1.807, 2.05) is 18.3 Å². The van der Waals surface area contributed by atoms with Gasteiger partial charge >= 0.3 is 0 Å². The first-order valence-corrected chi connectivity index (χ1v) is 7.60. The third kappa shape index (κ3) is 3.58. The zero-order valence-corrected chi connectivity index (χ0v) is 12.7. The zero-order chi connectivity index (χ0) is 13.8. The molecule has 0 bridgehead atoms. The Hall–Kier alpha value is -1.32. The lowest BCUT2D eigenvalue weighted by atomic mass is 10.1. The van der Waals surface area contributed by atoms with Crippen LogP contribution in [0.4, 0.5) is 5.69 Å². The summed E-state index contributed by atoms with van der Waals surface area (Å²) in [6.07, 6.45) is 0. The standard InChI is InChI=1S/C16H22N2S/c1-12(2)18(11-16-5-4-10-19-16)15-8-6-14(7-9-15)13(3)17/h4-10,12-13H,11,17H2,1-3H3/t13-/m1/s1. The van der Waals surface area contributed by atoms with Gasteiger partial charge in [0, 0.05) is 22.6 Å². The van der Waals surface area contributed by atoms with E-state index in [2.05, 4.69) is 60.5 Å². The summed E-state index contributed by atoms with van der Waals surface area (Å²) < 4.78 is 0.